The molecule has 0 saturated heterocycles. The fourth-order valence-electron chi connectivity index (χ4n) is 2.05. The van der Waals surface area contributed by atoms with Crippen molar-refractivity contribution in [3.8, 4) is 0 Å². The highest BCUT2D eigenvalue weighted by atomic mass is 16.3. The second-order valence-electron chi connectivity index (χ2n) is 5.13. The smallest absolute Gasteiger partial charge is 0.220 e. The molecule has 0 aromatic heterocycles. The lowest BCUT2D eigenvalue weighted by Gasteiger charge is -2.10. The van der Waals surface area contributed by atoms with Crippen molar-refractivity contribution < 1.29 is 9.90 Å². The highest BCUT2D eigenvalue weighted by molar-refractivity contribution is 5.76. The summed E-state index contributed by atoms with van der Waals surface area (Å²) in [6.45, 7) is 6.65. The highest BCUT2D eigenvalue weighted by Gasteiger charge is 2.05. The molecule has 1 aromatic rings. The van der Waals surface area contributed by atoms with Crippen LogP contribution in [0.25, 0.3) is 0 Å². The van der Waals surface area contributed by atoms with Gasteiger partial charge in [0.2, 0.25) is 5.91 Å². The minimum atomic E-state index is -0.306. The van der Waals surface area contributed by atoms with Crippen LogP contribution in [0.5, 0.6) is 0 Å². The van der Waals surface area contributed by atoms with Crippen molar-refractivity contribution in [1.29, 1.82) is 0 Å². The Morgan fingerprint density at radius 1 is 1.37 bits per heavy atom. The number of carbonyl (C=O) groups excluding carboxylic acids is 1. The van der Waals surface area contributed by atoms with E-state index in [0.717, 1.165) is 12.8 Å². The van der Waals surface area contributed by atoms with E-state index in [1.54, 1.807) is 0 Å². The fraction of sp³-hybridized carbons (Fsp3) is 0.562. The summed E-state index contributed by atoms with van der Waals surface area (Å²) in [5.41, 5.74) is 3.72. The Kier molecular flexibility index (Phi) is 6.57. The zero-order valence-corrected chi connectivity index (χ0v) is 12.2. The Hall–Kier alpha value is -1.35. The zero-order valence-electron chi connectivity index (χ0n) is 12.2. The molecular formula is C16H25NO2. The van der Waals surface area contributed by atoms with Crippen molar-refractivity contribution in [3.05, 3.63) is 34.9 Å². The Labute approximate surface area is 116 Å². The minimum absolute atomic E-state index is 0.0586. The summed E-state index contributed by atoms with van der Waals surface area (Å²) in [7, 11) is 0. The van der Waals surface area contributed by atoms with Crippen molar-refractivity contribution in [2.75, 3.05) is 6.54 Å². The van der Waals surface area contributed by atoms with Crippen LogP contribution >= 0.6 is 0 Å². The van der Waals surface area contributed by atoms with Crippen LogP contribution in [0.3, 0.4) is 0 Å². The first-order valence-corrected chi connectivity index (χ1v) is 7.03. The van der Waals surface area contributed by atoms with Crippen molar-refractivity contribution in [1.82, 2.24) is 5.32 Å². The normalized spacial score (nSPS) is 12.2. The summed E-state index contributed by atoms with van der Waals surface area (Å²) in [6, 6.07) is 6.32. The number of amides is 1. The monoisotopic (exact) mass is 263 g/mol. The molecule has 19 heavy (non-hydrogen) atoms. The first kappa shape index (κ1) is 15.7. The molecular weight excluding hydrogens is 238 g/mol. The van der Waals surface area contributed by atoms with Gasteiger partial charge in [0.05, 0.1) is 6.10 Å². The van der Waals surface area contributed by atoms with E-state index in [-0.39, 0.29) is 12.0 Å². The Bertz CT molecular complexity index is 415. The van der Waals surface area contributed by atoms with Crippen LogP contribution in [-0.2, 0) is 11.2 Å². The van der Waals surface area contributed by atoms with Gasteiger partial charge in [0.1, 0.15) is 0 Å². The van der Waals surface area contributed by atoms with E-state index in [1.165, 1.54) is 16.7 Å². The van der Waals surface area contributed by atoms with E-state index in [1.807, 2.05) is 6.92 Å². The summed E-state index contributed by atoms with van der Waals surface area (Å²) in [5.74, 6) is 0.0586. The molecule has 1 aromatic carbocycles. The van der Waals surface area contributed by atoms with Gasteiger partial charge in [-0.15, -0.1) is 0 Å². The molecule has 1 unspecified atom stereocenters. The summed E-state index contributed by atoms with van der Waals surface area (Å²) in [4.78, 5) is 11.7. The van der Waals surface area contributed by atoms with Crippen LogP contribution in [0.15, 0.2) is 18.2 Å². The van der Waals surface area contributed by atoms with Crippen molar-refractivity contribution in [2.24, 2.45) is 0 Å². The van der Waals surface area contributed by atoms with Crippen LogP contribution in [0.2, 0.25) is 0 Å². The third-order valence-corrected chi connectivity index (χ3v) is 3.39. The van der Waals surface area contributed by atoms with Crippen molar-refractivity contribution in [3.63, 3.8) is 0 Å². The average Bonchev–Trinajstić information content (AvgIpc) is 2.37. The number of rotatable bonds is 7. The SMILES string of the molecule is CCC(O)CCNC(=O)CCc1ccc(C)cc1C. The summed E-state index contributed by atoms with van der Waals surface area (Å²) < 4.78 is 0. The number of nitrogens with one attached hydrogen (secondary N) is 1. The number of carbonyl (C=O) groups is 1. The van der Waals surface area contributed by atoms with E-state index in [9.17, 15) is 9.90 Å². The molecule has 0 aliphatic carbocycles. The molecule has 1 rings (SSSR count). The van der Waals surface area contributed by atoms with Crippen LogP contribution < -0.4 is 5.32 Å². The topological polar surface area (TPSA) is 49.3 Å². The second kappa shape index (κ2) is 7.95. The van der Waals surface area contributed by atoms with Gasteiger partial charge in [-0.05, 0) is 44.2 Å². The maximum atomic E-state index is 11.7. The molecule has 3 heteroatoms. The molecule has 1 atom stereocenters. The van der Waals surface area contributed by atoms with Gasteiger partial charge >= 0.3 is 0 Å². The quantitative estimate of drug-likeness (QED) is 0.794. The molecule has 106 valence electrons. The molecule has 3 nitrogen and oxygen atoms in total. The van der Waals surface area contributed by atoms with E-state index < -0.39 is 0 Å². The van der Waals surface area contributed by atoms with Crippen molar-refractivity contribution in [2.45, 2.75) is 52.6 Å². The Morgan fingerprint density at radius 2 is 2.11 bits per heavy atom. The van der Waals surface area contributed by atoms with Gasteiger partial charge in [-0.3, -0.25) is 4.79 Å². The van der Waals surface area contributed by atoms with Crippen LogP contribution in [0.4, 0.5) is 0 Å². The standard InChI is InChI=1S/C16H25NO2/c1-4-15(18)9-10-17-16(19)8-7-14-6-5-12(2)11-13(14)3/h5-6,11,15,18H,4,7-10H2,1-3H3,(H,17,19). The molecule has 0 saturated carbocycles. The first-order chi connectivity index (χ1) is 9.02. The van der Waals surface area contributed by atoms with E-state index >= 15 is 0 Å². The number of aliphatic hydroxyl groups is 1. The number of benzene rings is 1. The van der Waals surface area contributed by atoms with Crippen molar-refractivity contribution >= 4 is 5.91 Å². The Morgan fingerprint density at radius 3 is 2.74 bits per heavy atom. The molecule has 0 spiro atoms. The zero-order chi connectivity index (χ0) is 14.3. The molecule has 0 heterocycles. The highest BCUT2D eigenvalue weighted by Crippen LogP contribution is 2.12. The van der Waals surface area contributed by atoms with Crippen LogP contribution in [0, 0.1) is 13.8 Å². The van der Waals surface area contributed by atoms with Gasteiger partial charge < -0.3 is 10.4 Å². The maximum absolute atomic E-state index is 11.7. The number of aliphatic hydroxyl groups excluding tert-OH is 1. The van der Waals surface area contributed by atoms with Gasteiger partial charge in [0.25, 0.3) is 0 Å². The van der Waals surface area contributed by atoms with E-state index in [0.29, 0.717) is 19.4 Å². The Balaban J connectivity index is 2.30. The van der Waals surface area contributed by atoms with E-state index in [4.69, 9.17) is 0 Å². The van der Waals surface area contributed by atoms with Gasteiger partial charge in [0.15, 0.2) is 0 Å². The van der Waals surface area contributed by atoms with Crippen LogP contribution in [0.1, 0.15) is 42.9 Å². The third kappa shape index (κ3) is 5.88. The molecule has 2 N–H and O–H groups in total. The van der Waals surface area contributed by atoms with Gasteiger partial charge in [-0.25, -0.2) is 0 Å². The second-order valence-corrected chi connectivity index (χ2v) is 5.13. The third-order valence-electron chi connectivity index (χ3n) is 3.39. The lowest BCUT2D eigenvalue weighted by molar-refractivity contribution is -0.121. The molecule has 0 fully saturated rings. The molecule has 1 amide bonds. The minimum Gasteiger partial charge on any atom is -0.393 e. The summed E-state index contributed by atoms with van der Waals surface area (Å²) in [5, 5.41) is 12.2. The lowest BCUT2D eigenvalue weighted by atomic mass is 10.0. The average molecular weight is 263 g/mol. The lowest BCUT2D eigenvalue weighted by Crippen LogP contribution is -2.27. The van der Waals surface area contributed by atoms with Gasteiger partial charge in [-0.2, -0.15) is 0 Å². The first-order valence-electron chi connectivity index (χ1n) is 7.03. The van der Waals surface area contributed by atoms with E-state index in [2.05, 4.69) is 37.4 Å². The number of hydrogen-bond acceptors (Lipinski definition) is 2. The van der Waals surface area contributed by atoms with Gasteiger partial charge in [-0.1, -0.05) is 30.7 Å². The molecule has 0 radical (unpaired) electrons. The largest absolute Gasteiger partial charge is 0.393 e. The predicted molar refractivity (Wildman–Crippen MR) is 78.2 cm³/mol. The summed E-state index contributed by atoms with van der Waals surface area (Å²) >= 11 is 0. The number of hydrogen-bond donors (Lipinski definition) is 2. The predicted octanol–water partition coefficient (Wildman–Crippen LogP) is 2.51. The summed E-state index contributed by atoms with van der Waals surface area (Å²) in [6.07, 6.45) is 2.34. The molecule has 0 aliphatic rings. The number of aryl methyl sites for hydroxylation is 3. The molecule has 0 bridgehead atoms. The van der Waals surface area contributed by atoms with Gasteiger partial charge in [0, 0.05) is 13.0 Å². The fourth-order valence-corrected chi connectivity index (χ4v) is 2.05. The maximum Gasteiger partial charge on any atom is 0.220 e. The van der Waals surface area contributed by atoms with Crippen LogP contribution in [-0.4, -0.2) is 23.7 Å². The molecule has 0 aliphatic heterocycles.